The fourth-order valence-corrected chi connectivity index (χ4v) is 2.66. The van der Waals surface area contributed by atoms with Gasteiger partial charge < -0.3 is 10.6 Å². The van der Waals surface area contributed by atoms with Gasteiger partial charge in [0.05, 0.1) is 11.9 Å². The van der Waals surface area contributed by atoms with Crippen LogP contribution in [0.2, 0.25) is 0 Å². The molecular weight excluding hydrogens is 244 g/mol. The third-order valence-electron chi connectivity index (χ3n) is 3.33. The van der Waals surface area contributed by atoms with E-state index in [0.29, 0.717) is 5.82 Å². The van der Waals surface area contributed by atoms with Crippen LogP contribution in [-0.2, 0) is 0 Å². The van der Waals surface area contributed by atoms with Crippen molar-refractivity contribution in [1.82, 2.24) is 9.88 Å². The van der Waals surface area contributed by atoms with Crippen LogP contribution in [0, 0.1) is 0 Å². The Morgan fingerprint density at radius 2 is 2.06 bits per heavy atom. The van der Waals surface area contributed by atoms with Crippen LogP contribution in [0.25, 0.3) is 0 Å². The average molecular weight is 266 g/mol. The van der Waals surface area contributed by atoms with E-state index >= 15 is 0 Å². The summed E-state index contributed by atoms with van der Waals surface area (Å²) in [5, 5.41) is 0. The van der Waals surface area contributed by atoms with E-state index in [1.54, 1.807) is 0 Å². The van der Waals surface area contributed by atoms with Crippen LogP contribution in [-0.4, -0.2) is 54.6 Å². The van der Waals surface area contributed by atoms with Crippen molar-refractivity contribution in [1.29, 1.82) is 0 Å². The standard InChI is InChI=1S/C13H22N4S/c1-18-10-2-5-16-6-8-17(9-7-16)12-3-4-13(14)15-11-12/h3-4,11H,2,5-10H2,1H3,(H2,14,15). The summed E-state index contributed by atoms with van der Waals surface area (Å²) >= 11 is 1.93. The molecule has 0 spiro atoms. The van der Waals surface area contributed by atoms with Gasteiger partial charge >= 0.3 is 0 Å². The zero-order chi connectivity index (χ0) is 12.8. The van der Waals surface area contributed by atoms with Gasteiger partial charge in [0.2, 0.25) is 0 Å². The quantitative estimate of drug-likeness (QED) is 0.819. The van der Waals surface area contributed by atoms with Crippen LogP contribution in [0.3, 0.4) is 0 Å². The van der Waals surface area contributed by atoms with E-state index in [-0.39, 0.29) is 0 Å². The first-order valence-electron chi connectivity index (χ1n) is 6.47. The van der Waals surface area contributed by atoms with Crippen molar-refractivity contribution in [3.05, 3.63) is 18.3 Å². The predicted octanol–water partition coefficient (Wildman–Crippen LogP) is 1.54. The highest BCUT2D eigenvalue weighted by atomic mass is 32.2. The Morgan fingerprint density at radius 1 is 1.28 bits per heavy atom. The summed E-state index contributed by atoms with van der Waals surface area (Å²) in [6.07, 6.45) is 5.34. The number of pyridine rings is 1. The van der Waals surface area contributed by atoms with Crippen molar-refractivity contribution >= 4 is 23.3 Å². The highest BCUT2D eigenvalue weighted by Gasteiger charge is 2.16. The molecule has 5 heteroatoms. The molecule has 1 saturated heterocycles. The summed E-state index contributed by atoms with van der Waals surface area (Å²) in [5.41, 5.74) is 6.79. The second kappa shape index (κ2) is 6.85. The fraction of sp³-hybridized carbons (Fsp3) is 0.615. The van der Waals surface area contributed by atoms with E-state index in [1.165, 1.54) is 24.4 Å². The van der Waals surface area contributed by atoms with Gasteiger partial charge in [-0.3, -0.25) is 4.90 Å². The molecule has 4 nitrogen and oxygen atoms in total. The summed E-state index contributed by atoms with van der Waals surface area (Å²) in [7, 11) is 0. The molecule has 1 aromatic rings. The van der Waals surface area contributed by atoms with Crippen LogP contribution in [0.4, 0.5) is 11.5 Å². The molecule has 1 aliphatic heterocycles. The highest BCUT2D eigenvalue weighted by Crippen LogP contribution is 2.16. The highest BCUT2D eigenvalue weighted by molar-refractivity contribution is 7.98. The monoisotopic (exact) mass is 266 g/mol. The Bertz CT molecular complexity index is 347. The Kier molecular flexibility index (Phi) is 5.13. The molecule has 0 amide bonds. The van der Waals surface area contributed by atoms with Crippen molar-refractivity contribution in [2.75, 3.05) is 55.4 Å². The first-order chi connectivity index (χ1) is 8.79. The molecular formula is C13H22N4S. The number of aromatic nitrogens is 1. The third kappa shape index (κ3) is 3.78. The summed E-state index contributed by atoms with van der Waals surface area (Å²) in [4.78, 5) is 9.09. The van der Waals surface area contributed by atoms with Crippen LogP contribution >= 0.6 is 11.8 Å². The van der Waals surface area contributed by atoms with Gasteiger partial charge in [-0.2, -0.15) is 11.8 Å². The molecule has 0 bridgehead atoms. The second-order valence-electron chi connectivity index (χ2n) is 4.62. The van der Waals surface area contributed by atoms with Crippen molar-refractivity contribution in [3.63, 3.8) is 0 Å². The number of piperazine rings is 1. The van der Waals surface area contributed by atoms with Crippen LogP contribution in [0.1, 0.15) is 6.42 Å². The van der Waals surface area contributed by atoms with Gasteiger partial charge in [0.1, 0.15) is 5.82 Å². The zero-order valence-electron chi connectivity index (χ0n) is 11.0. The van der Waals surface area contributed by atoms with Crippen molar-refractivity contribution in [2.24, 2.45) is 0 Å². The van der Waals surface area contributed by atoms with E-state index < -0.39 is 0 Å². The summed E-state index contributed by atoms with van der Waals surface area (Å²) in [6.45, 7) is 5.71. The SMILES string of the molecule is CSCCCN1CCN(c2ccc(N)nc2)CC1. The fourth-order valence-electron chi connectivity index (χ4n) is 2.25. The molecule has 100 valence electrons. The molecule has 2 heterocycles. The maximum Gasteiger partial charge on any atom is 0.123 e. The van der Waals surface area contributed by atoms with E-state index in [0.717, 1.165) is 26.2 Å². The van der Waals surface area contributed by atoms with E-state index in [9.17, 15) is 0 Å². The summed E-state index contributed by atoms with van der Waals surface area (Å²) in [6, 6.07) is 3.94. The number of hydrogen-bond donors (Lipinski definition) is 1. The molecule has 0 radical (unpaired) electrons. The van der Waals surface area contributed by atoms with E-state index in [4.69, 9.17) is 5.73 Å². The molecule has 0 saturated carbocycles. The minimum Gasteiger partial charge on any atom is -0.384 e. The molecule has 0 unspecified atom stereocenters. The number of hydrogen-bond acceptors (Lipinski definition) is 5. The second-order valence-corrected chi connectivity index (χ2v) is 5.60. The van der Waals surface area contributed by atoms with Gasteiger partial charge in [0.15, 0.2) is 0 Å². The van der Waals surface area contributed by atoms with Gasteiger partial charge in [-0.1, -0.05) is 0 Å². The molecule has 2 N–H and O–H groups in total. The average Bonchev–Trinajstić information content (AvgIpc) is 2.41. The first-order valence-corrected chi connectivity index (χ1v) is 7.87. The van der Waals surface area contributed by atoms with Crippen LogP contribution in [0.5, 0.6) is 0 Å². The normalized spacial score (nSPS) is 17.1. The first kappa shape index (κ1) is 13.5. The number of anilines is 2. The third-order valence-corrected chi connectivity index (χ3v) is 4.03. The van der Waals surface area contributed by atoms with E-state index in [1.807, 2.05) is 24.0 Å². The maximum atomic E-state index is 5.61. The summed E-state index contributed by atoms with van der Waals surface area (Å²) in [5.74, 6) is 1.86. The molecule has 0 aromatic carbocycles. The Labute approximate surface area is 114 Å². The number of thioether (sulfide) groups is 1. The lowest BCUT2D eigenvalue weighted by molar-refractivity contribution is 0.259. The number of rotatable bonds is 5. The Hall–Kier alpha value is -0.940. The number of nitrogens with two attached hydrogens (primary N) is 1. The van der Waals surface area contributed by atoms with Crippen molar-refractivity contribution < 1.29 is 0 Å². The molecule has 1 aliphatic rings. The Balaban J connectivity index is 1.77. The predicted molar refractivity (Wildman–Crippen MR) is 80.3 cm³/mol. The van der Waals surface area contributed by atoms with Gasteiger partial charge in [0, 0.05) is 26.2 Å². The van der Waals surface area contributed by atoms with Crippen molar-refractivity contribution in [3.8, 4) is 0 Å². The molecule has 0 aliphatic carbocycles. The zero-order valence-corrected chi connectivity index (χ0v) is 11.8. The Morgan fingerprint density at radius 3 is 2.67 bits per heavy atom. The topological polar surface area (TPSA) is 45.4 Å². The summed E-state index contributed by atoms with van der Waals surface area (Å²) < 4.78 is 0. The lowest BCUT2D eigenvalue weighted by atomic mass is 10.2. The van der Waals surface area contributed by atoms with Gasteiger partial charge in [-0.05, 0) is 37.1 Å². The van der Waals surface area contributed by atoms with Crippen LogP contribution in [0.15, 0.2) is 18.3 Å². The number of nitrogens with zero attached hydrogens (tertiary/aromatic N) is 3. The molecule has 2 rings (SSSR count). The lowest BCUT2D eigenvalue weighted by Gasteiger charge is -2.35. The lowest BCUT2D eigenvalue weighted by Crippen LogP contribution is -2.46. The van der Waals surface area contributed by atoms with Gasteiger partial charge in [0.25, 0.3) is 0 Å². The van der Waals surface area contributed by atoms with Gasteiger partial charge in [-0.15, -0.1) is 0 Å². The minimum absolute atomic E-state index is 0.592. The number of nitrogen functional groups attached to an aromatic ring is 1. The minimum atomic E-state index is 0.592. The van der Waals surface area contributed by atoms with Crippen molar-refractivity contribution in [2.45, 2.75) is 6.42 Å². The largest absolute Gasteiger partial charge is 0.384 e. The molecule has 0 atom stereocenters. The smallest absolute Gasteiger partial charge is 0.123 e. The maximum absolute atomic E-state index is 5.61. The molecule has 1 fully saturated rings. The van der Waals surface area contributed by atoms with Crippen LogP contribution < -0.4 is 10.6 Å². The molecule has 1 aromatic heterocycles. The van der Waals surface area contributed by atoms with E-state index in [2.05, 4.69) is 27.1 Å². The van der Waals surface area contributed by atoms with Gasteiger partial charge in [-0.25, -0.2) is 4.98 Å². The molecule has 18 heavy (non-hydrogen) atoms.